The highest BCUT2D eigenvalue weighted by molar-refractivity contribution is 9.10. The fourth-order valence-corrected chi connectivity index (χ4v) is 2.38. The van der Waals surface area contributed by atoms with E-state index in [0.717, 1.165) is 21.1 Å². The van der Waals surface area contributed by atoms with Crippen LogP contribution < -0.4 is 10.1 Å². The maximum atomic E-state index is 13.8. The molecular formula is C15H14Br2FNO. The van der Waals surface area contributed by atoms with Crippen LogP contribution in [0.2, 0.25) is 0 Å². The van der Waals surface area contributed by atoms with Crippen LogP contribution >= 0.6 is 31.9 Å². The average Bonchev–Trinajstić information content (AvgIpc) is 2.42. The molecule has 106 valence electrons. The summed E-state index contributed by atoms with van der Waals surface area (Å²) in [4.78, 5) is 0. The third-order valence-electron chi connectivity index (χ3n) is 2.71. The molecule has 0 saturated heterocycles. The topological polar surface area (TPSA) is 21.3 Å². The number of benzene rings is 2. The van der Waals surface area contributed by atoms with Gasteiger partial charge in [-0.1, -0.05) is 44.8 Å². The van der Waals surface area contributed by atoms with Gasteiger partial charge in [-0.25, -0.2) is 4.39 Å². The molecule has 2 nitrogen and oxygen atoms in total. The number of nitrogens with one attached hydrogen (secondary N) is 1. The van der Waals surface area contributed by atoms with Crippen LogP contribution in [0.25, 0.3) is 0 Å². The smallest absolute Gasteiger partial charge is 0.165 e. The van der Waals surface area contributed by atoms with Gasteiger partial charge in [0.25, 0.3) is 0 Å². The summed E-state index contributed by atoms with van der Waals surface area (Å²) in [6.07, 6.45) is 0. The Hall–Kier alpha value is -0.910. The highest BCUT2D eigenvalue weighted by Gasteiger charge is 2.10. The lowest BCUT2D eigenvalue weighted by Crippen LogP contribution is -2.12. The maximum absolute atomic E-state index is 13.8. The van der Waals surface area contributed by atoms with Gasteiger partial charge in [0, 0.05) is 21.1 Å². The molecule has 0 saturated carbocycles. The molecule has 2 aromatic carbocycles. The van der Waals surface area contributed by atoms with E-state index >= 15 is 0 Å². The van der Waals surface area contributed by atoms with Gasteiger partial charge < -0.3 is 10.1 Å². The first-order valence-electron chi connectivity index (χ1n) is 6.22. The van der Waals surface area contributed by atoms with Crippen molar-refractivity contribution < 1.29 is 9.13 Å². The van der Waals surface area contributed by atoms with Gasteiger partial charge in [-0.05, 0) is 36.9 Å². The third kappa shape index (κ3) is 4.04. The molecule has 0 aliphatic carbocycles. The fourth-order valence-electron chi connectivity index (χ4n) is 1.70. The van der Waals surface area contributed by atoms with Crippen molar-refractivity contribution in [1.82, 2.24) is 5.32 Å². The van der Waals surface area contributed by atoms with E-state index in [9.17, 15) is 4.39 Å². The minimum atomic E-state index is -0.387. The minimum Gasteiger partial charge on any atom is -0.454 e. The van der Waals surface area contributed by atoms with Crippen molar-refractivity contribution in [2.75, 3.05) is 6.54 Å². The minimum absolute atomic E-state index is 0.204. The largest absolute Gasteiger partial charge is 0.454 e. The van der Waals surface area contributed by atoms with Gasteiger partial charge in [0.15, 0.2) is 11.6 Å². The molecule has 0 fully saturated rings. The van der Waals surface area contributed by atoms with Crippen LogP contribution in [0, 0.1) is 5.82 Å². The molecule has 0 radical (unpaired) electrons. The second kappa shape index (κ2) is 7.20. The maximum Gasteiger partial charge on any atom is 0.165 e. The van der Waals surface area contributed by atoms with Gasteiger partial charge in [-0.3, -0.25) is 0 Å². The summed E-state index contributed by atoms with van der Waals surface area (Å²) in [7, 11) is 0. The number of rotatable bonds is 5. The lowest BCUT2D eigenvalue weighted by molar-refractivity contribution is 0.435. The van der Waals surface area contributed by atoms with E-state index in [1.165, 1.54) is 6.07 Å². The molecule has 0 amide bonds. The van der Waals surface area contributed by atoms with Gasteiger partial charge in [0.1, 0.15) is 5.75 Å². The predicted octanol–water partition coefficient (Wildman–Crippen LogP) is 5.25. The van der Waals surface area contributed by atoms with Crippen molar-refractivity contribution in [3.8, 4) is 11.5 Å². The van der Waals surface area contributed by atoms with Crippen LogP contribution in [0.4, 0.5) is 4.39 Å². The first-order chi connectivity index (χ1) is 9.60. The Morgan fingerprint density at radius 2 is 1.70 bits per heavy atom. The predicted molar refractivity (Wildman–Crippen MR) is 85.7 cm³/mol. The summed E-state index contributed by atoms with van der Waals surface area (Å²) in [5.41, 5.74) is 0.981. The molecule has 5 heteroatoms. The van der Waals surface area contributed by atoms with Crippen molar-refractivity contribution in [2.45, 2.75) is 13.5 Å². The summed E-state index contributed by atoms with van der Waals surface area (Å²) in [6, 6.07) is 10.4. The summed E-state index contributed by atoms with van der Waals surface area (Å²) in [5.74, 6) is 0.454. The average molecular weight is 403 g/mol. The fraction of sp³-hybridized carbons (Fsp3) is 0.200. The lowest BCUT2D eigenvalue weighted by Gasteiger charge is -2.13. The standard InChI is InChI=1S/C15H14Br2FNO/c1-2-19-9-10-3-4-11(16)7-14(10)20-15-8-12(17)5-6-13(15)18/h3-8,19H,2,9H2,1H3. The van der Waals surface area contributed by atoms with E-state index in [0.29, 0.717) is 12.3 Å². The van der Waals surface area contributed by atoms with Crippen LogP contribution in [0.1, 0.15) is 12.5 Å². The van der Waals surface area contributed by atoms with Crippen LogP contribution in [0.3, 0.4) is 0 Å². The summed E-state index contributed by atoms with van der Waals surface area (Å²) in [5, 5.41) is 3.24. The van der Waals surface area contributed by atoms with Crippen LogP contribution in [0.15, 0.2) is 45.3 Å². The van der Waals surface area contributed by atoms with Crippen molar-refractivity contribution in [3.05, 3.63) is 56.7 Å². The third-order valence-corrected chi connectivity index (χ3v) is 3.69. The van der Waals surface area contributed by atoms with Crippen LogP contribution in [-0.2, 0) is 6.54 Å². The highest BCUT2D eigenvalue weighted by atomic mass is 79.9. The zero-order valence-corrected chi connectivity index (χ0v) is 14.1. The van der Waals surface area contributed by atoms with Crippen molar-refractivity contribution in [1.29, 1.82) is 0 Å². The monoisotopic (exact) mass is 401 g/mol. The van der Waals surface area contributed by atoms with Gasteiger partial charge >= 0.3 is 0 Å². The second-order valence-electron chi connectivity index (χ2n) is 4.21. The van der Waals surface area contributed by atoms with E-state index in [2.05, 4.69) is 37.2 Å². The molecule has 0 aliphatic heterocycles. The number of hydrogen-bond donors (Lipinski definition) is 1. The van der Waals surface area contributed by atoms with Gasteiger partial charge in [0.2, 0.25) is 0 Å². The molecule has 0 aromatic heterocycles. The van der Waals surface area contributed by atoms with Gasteiger partial charge in [-0.2, -0.15) is 0 Å². The van der Waals surface area contributed by atoms with Crippen molar-refractivity contribution >= 4 is 31.9 Å². The Bertz CT molecular complexity index is 604. The number of halogens is 3. The molecular weight excluding hydrogens is 389 g/mol. The highest BCUT2D eigenvalue weighted by Crippen LogP contribution is 2.31. The summed E-state index contributed by atoms with van der Waals surface area (Å²) >= 11 is 6.72. The number of hydrogen-bond acceptors (Lipinski definition) is 2. The zero-order valence-electron chi connectivity index (χ0n) is 10.9. The first kappa shape index (κ1) is 15.5. The normalized spacial score (nSPS) is 10.6. The van der Waals surface area contributed by atoms with Crippen LogP contribution in [-0.4, -0.2) is 6.54 Å². The zero-order chi connectivity index (χ0) is 14.5. The molecule has 2 rings (SSSR count). The Labute approximate surface area is 134 Å². The van der Waals surface area contributed by atoms with E-state index in [4.69, 9.17) is 4.74 Å². The van der Waals surface area contributed by atoms with E-state index in [1.54, 1.807) is 12.1 Å². The van der Waals surface area contributed by atoms with E-state index in [1.807, 2.05) is 25.1 Å². The Balaban J connectivity index is 2.31. The molecule has 2 aromatic rings. The molecule has 20 heavy (non-hydrogen) atoms. The van der Waals surface area contributed by atoms with Gasteiger partial charge in [-0.15, -0.1) is 0 Å². The molecule has 1 N–H and O–H groups in total. The molecule has 0 heterocycles. The SMILES string of the molecule is CCNCc1ccc(Br)cc1Oc1cc(Br)ccc1F. The van der Waals surface area contributed by atoms with Crippen LogP contribution in [0.5, 0.6) is 11.5 Å². The van der Waals surface area contributed by atoms with E-state index in [-0.39, 0.29) is 11.6 Å². The van der Waals surface area contributed by atoms with Crippen molar-refractivity contribution in [2.24, 2.45) is 0 Å². The molecule has 0 atom stereocenters. The van der Waals surface area contributed by atoms with E-state index < -0.39 is 0 Å². The Morgan fingerprint density at radius 3 is 2.40 bits per heavy atom. The number of ether oxygens (including phenoxy) is 1. The molecule has 0 aliphatic rings. The summed E-state index contributed by atoms with van der Waals surface area (Å²) in [6.45, 7) is 3.57. The molecule has 0 bridgehead atoms. The Kier molecular flexibility index (Phi) is 5.57. The summed E-state index contributed by atoms with van der Waals surface area (Å²) < 4.78 is 21.2. The lowest BCUT2D eigenvalue weighted by atomic mass is 10.2. The molecule has 0 spiro atoms. The Morgan fingerprint density at radius 1 is 1.05 bits per heavy atom. The quantitative estimate of drug-likeness (QED) is 0.737. The second-order valence-corrected chi connectivity index (χ2v) is 6.04. The molecule has 0 unspecified atom stereocenters. The van der Waals surface area contributed by atoms with Crippen molar-refractivity contribution in [3.63, 3.8) is 0 Å². The first-order valence-corrected chi connectivity index (χ1v) is 7.81. The van der Waals surface area contributed by atoms with Gasteiger partial charge in [0.05, 0.1) is 0 Å².